The smallest absolute Gasteiger partial charge is 0.227 e. The second-order valence-corrected chi connectivity index (χ2v) is 6.92. The average Bonchev–Trinajstić information content (AvgIpc) is 2.47. The Kier molecular flexibility index (Phi) is 5.85. The summed E-state index contributed by atoms with van der Waals surface area (Å²) in [7, 11) is 2.12. The summed E-state index contributed by atoms with van der Waals surface area (Å²) < 4.78 is 0. The Hall–Kier alpha value is -0.610. The molecule has 4 heteroatoms. The third-order valence-electron chi connectivity index (χ3n) is 5.20. The first-order chi connectivity index (χ1) is 9.60. The molecule has 2 fully saturated rings. The van der Waals surface area contributed by atoms with Crippen molar-refractivity contribution in [3.05, 3.63) is 0 Å². The van der Waals surface area contributed by atoms with Crippen molar-refractivity contribution in [2.24, 2.45) is 23.5 Å². The van der Waals surface area contributed by atoms with Gasteiger partial charge in [0, 0.05) is 32.7 Å². The molecule has 0 aromatic carbocycles. The number of amides is 1. The lowest BCUT2D eigenvalue weighted by Crippen LogP contribution is -2.50. The number of likely N-dealkylation sites (N-methyl/N-ethyl adjacent to an activating group) is 1. The SMILES string of the molecule is CC1CCC(CC(CN)C(=O)N2CCN(C)CC2)CC1. The number of rotatable bonds is 4. The third kappa shape index (κ3) is 4.19. The Morgan fingerprint density at radius 1 is 1.15 bits per heavy atom. The summed E-state index contributed by atoms with van der Waals surface area (Å²) in [6, 6.07) is 0. The molecule has 0 aromatic rings. The largest absolute Gasteiger partial charge is 0.340 e. The summed E-state index contributed by atoms with van der Waals surface area (Å²) in [5.74, 6) is 1.95. The quantitative estimate of drug-likeness (QED) is 0.850. The van der Waals surface area contributed by atoms with Crippen LogP contribution in [0.4, 0.5) is 0 Å². The van der Waals surface area contributed by atoms with Crippen LogP contribution in [0.5, 0.6) is 0 Å². The van der Waals surface area contributed by atoms with Crippen molar-refractivity contribution in [2.45, 2.75) is 39.0 Å². The minimum absolute atomic E-state index is 0.0526. The summed E-state index contributed by atoms with van der Waals surface area (Å²) in [5, 5.41) is 0. The molecule has 1 unspecified atom stereocenters. The van der Waals surface area contributed by atoms with E-state index in [-0.39, 0.29) is 5.92 Å². The first-order valence-electron chi connectivity index (χ1n) is 8.27. The monoisotopic (exact) mass is 281 g/mol. The van der Waals surface area contributed by atoms with E-state index in [1.807, 2.05) is 4.90 Å². The Bertz CT molecular complexity index is 305. The first kappa shape index (κ1) is 15.8. The lowest BCUT2D eigenvalue weighted by atomic mass is 9.78. The van der Waals surface area contributed by atoms with E-state index in [1.165, 1.54) is 25.7 Å². The van der Waals surface area contributed by atoms with E-state index in [2.05, 4.69) is 18.9 Å². The van der Waals surface area contributed by atoms with E-state index in [4.69, 9.17) is 5.73 Å². The minimum atomic E-state index is 0.0526. The van der Waals surface area contributed by atoms with Crippen molar-refractivity contribution in [1.82, 2.24) is 9.80 Å². The lowest BCUT2D eigenvalue weighted by molar-refractivity contribution is -0.137. The number of hydrogen-bond donors (Lipinski definition) is 1. The Morgan fingerprint density at radius 2 is 1.75 bits per heavy atom. The van der Waals surface area contributed by atoms with Crippen LogP contribution in [0.1, 0.15) is 39.0 Å². The Morgan fingerprint density at radius 3 is 2.30 bits per heavy atom. The summed E-state index contributed by atoms with van der Waals surface area (Å²) in [4.78, 5) is 16.9. The molecule has 0 bridgehead atoms. The number of carbonyl (C=O) groups is 1. The van der Waals surface area contributed by atoms with Gasteiger partial charge in [-0.1, -0.05) is 32.6 Å². The van der Waals surface area contributed by atoms with Crippen molar-refractivity contribution in [3.63, 3.8) is 0 Å². The molecule has 0 spiro atoms. The van der Waals surface area contributed by atoms with Gasteiger partial charge in [0.1, 0.15) is 0 Å². The molecule has 1 heterocycles. The summed E-state index contributed by atoms with van der Waals surface area (Å²) in [5.41, 5.74) is 5.89. The van der Waals surface area contributed by atoms with Gasteiger partial charge in [-0.15, -0.1) is 0 Å². The van der Waals surface area contributed by atoms with Crippen LogP contribution in [0.25, 0.3) is 0 Å². The zero-order valence-corrected chi connectivity index (χ0v) is 13.2. The van der Waals surface area contributed by atoms with E-state index in [0.717, 1.165) is 44.4 Å². The molecule has 2 aliphatic rings. The van der Waals surface area contributed by atoms with Crippen LogP contribution in [0.3, 0.4) is 0 Å². The molecule has 1 aliphatic carbocycles. The average molecular weight is 281 g/mol. The van der Waals surface area contributed by atoms with Crippen molar-refractivity contribution in [1.29, 1.82) is 0 Å². The van der Waals surface area contributed by atoms with Crippen molar-refractivity contribution < 1.29 is 4.79 Å². The molecule has 1 saturated heterocycles. The fourth-order valence-corrected chi connectivity index (χ4v) is 3.55. The van der Waals surface area contributed by atoms with Crippen LogP contribution in [0.2, 0.25) is 0 Å². The van der Waals surface area contributed by atoms with Crippen LogP contribution < -0.4 is 5.73 Å². The van der Waals surface area contributed by atoms with Gasteiger partial charge in [-0.05, 0) is 25.3 Å². The zero-order valence-electron chi connectivity index (χ0n) is 13.2. The van der Waals surface area contributed by atoms with Gasteiger partial charge in [0.15, 0.2) is 0 Å². The van der Waals surface area contributed by atoms with Crippen molar-refractivity contribution in [2.75, 3.05) is 39.8 Å². The molecule has 20 heavy (non-hydrogen) atoms. The van der Waals surface area contributed by atoms with Gasteiger partial charge in [-0.2, -0.15) is 0 Å². The standard InChI is InChI=1S/C16H31N3O/c1-13-3-5-14(6-4-13)11-15(12-17)16(20)19-9-7-18(2)8-10-19/h13-15H,3-12,17H2,1-2H3. The molecule has 2 N–H and O–H groups in total. The second kappa shape index (κ2) is 7.41. The molecule has 1 aliphatic heterocycles. The molecule has 1 atom stereocenters. The molecule has 0 radical (unpaired) electrons. The predicted octanol–water partition coefficient (Wildman–Crippen LogP) is 1.55. The van der Waals surface area contributed by atoms with Gasteiger partial charge in [0.05, 0.1) is 5.92 Å². The van der Waals surface area contributed by atoms with Gasteiger partial charge in [0.2, 0.25) is 5.91 Å². The fourth-order valence-electron chi connectivity index (χ4n) is 3.55. The number of nitrogens with two attached hydrogens (primary N) is 1. The maximum Gasteiger partial charge on any atom is 0.227 e. The van der Waals surface area contributed by atoms with Gasteiger partial charge in [-0.25, -0.2) is 0 Å². The van der Waals surface area contributed by atoms with Gasteiger partial charge >= 0.3 is 0 Å². The fraction of sp³-hybridized carbons (Fsp3) is 0.938. The van der Waals surface area contributed by atoms with E-state index < -0.39 is 0 Å². The van der Waals surface area contributed by atoms with Crippen molar-refractivity contribution in [3.8, 4) is 0 Å². The molecule has 1 saturated carbocycles. The van der Waals surface area contributed by atoms with E-state index in [1.54, 1.807) is 0 Å². The summed E-state index contributed by atoms with van der Waals surface area (Å²) in [6.45, 7) is 6.57. The summed E-state index contributed by atoms with van der Waals surface area (Å²) >= 11 is 0. The van der Waals surface area contributed by atoms with Crippen LogP contribution in [-0.4, -0.2) is 55.5 Å². The van der Waals surface area contributed by atoms with Crippen LogP contribution in [0, 0.1) is 17.8 Å². The number of nitrogens with zero attached hydrogens (tertiary/aromatic N) is 2. The Balaban J connectivity index is 1.82. The number of hydrogen-bond acceptors (Lipinski definition) is 3. The number of carbonyl (C=O) groups excluding carboxylic acids is 1. The minimum Gasteiger partial charge on any atom is -0.340 e. The highest BCUT2D eigenvalue weighted by Crippen LogP contribution is 2.32. The van der Waals surface area contributed by atoms with Gasteiger partial charge in [0.25, 0.3) is 0 Å². The lowest BCUT2D eigenvalue weighted by Gasteiger charge is -2.36. The molecule has 116 valence electrons. The Labute approximate surface area is 123 Å². The molecule has 0 aromatic heterocycles. The van der Waals surface area contributed by atoms with Crippen LogP contribution >= 0.6 is 0 Å². The number of piperazine rings is 1. The van der Waals surface area contributed by atoms with E-state index in [9.17, 15) is 4.79 Å². The molecule has 4 nitrogen and oxygen atoms in total. The zero-order chi connectivity index (χ0) is 14.5. The molecule has 1 amide bonds. The maximum atomic E-state index is 12.6. The van der Waals surface area contributed by atoms with E-state index >= 15 is 0 Å². The predicted molar refractivity (Wildman–Crippen MR) is 82.4 cm³/mol. The first-order valence-corrected chi connectivity index (χ1v) is 8.27. The second-order valence-electron chi connectivity index (χ2n) is 6.92. The van der Waals surface area contributed by atoms with Gasteiger partial charge < -0.3 is 15.5 Å². The maximum absolute atomic E-state index is 12.6. The van der Waals surface area contributed by atoms with E-state index in [0.29, 0.717) is 12.5 Å². The van der Waals surface area contributed by atoms with Crippen molar-refractivity contribution >= 4 is 5.91 Å². The molecular weight excluding hydrogens is 250 g/mol. The van der Waals surface area contributed by atoms with Gasteiger partial charge in [-0.3, -0.25) is 4.79 Å². The molecular formula is C16H31N3O. The van der Waals surface area contributed by atoms with Crippen LogP contribution in [0.15, 0.2) is 0 Å². The summed E-state index contributed by atoms with van der Waals surface area (Å²) in [6.07, 6.45) is 6.23. The normalized spacial score (nSPS) is 30.2. The topological polar surface area (TPSA) is 49.6 Å². The van der Waals surface area contributed by atoms with Crippen LogP contribution in [-0.2, 0) is 4.79 Å². The molecule has 2 rings (SSSR count). The highest BCUT2D eigenvalue weighted by Gasteiger charge is 2.29. The highest BCUT2D eigenvalue weighted by molar-refractivity contribution is 5.79. The third-order valence-corrected chi connectivity index (χ3v) is 5.20. The highest BCUT2D eigenvalue weighted by atomic mass is 16.2.